The molecular formula is C18H30Si. The number of hydrogen-bond acceptors (Lipinski definition) is 0. The highest BCUT2D eigenvalue weighted by molar-refractivity contribution is 6.89. The van der Waals surface area contributed by atoms with Crippen molar-refractivity contribution in [1.82, 2.24) is 0 Å². The molecule has 0 aliphatic heterocycles. The Morgan fingerprint density at radius 1 is 1.11 bits per heavy atom. The monoisotopic (exact) mass is 274 g/mol. The first-order valence-electron chi connectivity index (χ1n) is 7.61. The number of hydrogen-bond donors (Lipinski definition) is 0. The molecule has 0 bridgehead atoms. The lowest BCUT2D eigenvalue weighted by molar-refractivity contribution is 0.518. The number of benzene rings is 1. The number of rotatable bonds is 7. The smallest absolute Gasteiger partial charge is 0.0806 e. The van der Waals surface area contributed by atoms with Crippen molar-refractivity contribution in [1.29, 1.82) is 0 Å². The van der Waals surface area contributed by atoms with Gasteiger partial charge in [0.2, 0.25) is 0 Å². The topological polar surface area (TPSA) is 0 Å². The lowest BCUT2D eigenvalue weighted by Crippen LogP contribution is -2.41. The van der Waals surface area contributed by atoms with Crippen LogP contribution in [0.3, 0.4) is 0 Å². The van der Waals surface area contributed by atoms with Gasteiger partial charge in [0, 0.05) is 0 Å². The zero-order valence-corrected chi connectivity index (χ0v) is 14.4. The van der Waals surface area contributed by atoms with E-state index >= 15 is 0 Å². The van der Waals surface area contributed by atoms with E-state index in [4.69, 9.17) is 0 Å². The molecule has 106 valence electrons. The van der Waals surface area contributed by atoms with Gasteiger partial charge in [0.15, 0.2) is 0 Å². The molecule has 1 heteroatoms. The minimum Gasteiger partial charge on any atom is -0.0859 e. The Hall–Kier alpha value is -0.823. The Kier molecular flexibility index (Phi) is 6.57. The van der Waals surface area contributed by atoms with E-state index in [2.05, 4.69) is 70.3 Å². The summed E-state index contributed by atoms with van der Waals surface area (Å²) in [4.78, 5) is 0. The SMILES string of the molecule is CC(C)=CCC[C@H](C)CC[Si](C)(C)c1ccccc1. The third-order valence-corrected chi connectivity index (χ3v) is 7.46. The van der Waals surface area contributed by atoms with Gasteiger partial charge in [-0.2, -0.15) is 0 Å². The molecule has 0 N–H and O–H groups in total. The third kappa shape index (κ3) is 6.24. The van der Waals surface area contributed by atoms with Crippen LogP contribution in [0.25, 0.3) is 0 Å². The van der Waals surface area contributed by atoms with Crippen LogP contribution in [0.15, 0.2) is 42.0 Å². The molecule has 1 rings (SSSR count). The van der Waals surface area contributed by atoms with Crippen LogP contribution in [-0.2, 0) is 0 Å². The van der Waals surface area contributed by atoms with E-state index in [0.29, 0.717) is 0 Å². The van der Waals surface area contributed by atoms with Crippen LogP contribution in [0.4, 0.5) is 0 Å². The van der Waals surface area contributed by atoms with Crippen LogP contribution in [0, 0.1) is 5.92 Å². The van der Waals surface area contributed by atoms with Crippen molar-refractivity contribution in [3.05, 3.63) is 42.0 Å². The van der Waals surface area contributed by atoms with Gasteiger partial charge in [-0.3, -0.25) is 0 Å². The predicted octanol–water partition coefficient (Wildman–Crippen LogP) is 5.37. The predicted molar refractivity (Wildman–Crippen MR) is 90.8 cm³/mol. The molecule has 1 aromatic rings. The molecule has 0 amide bonds. The average molecular weight is 275 g/mol. The molecular weight excluding hydrogens is 244 g/mol. The minimum atomic E-state index is -1.22. The zero-order valence-electron chi connectivity index (χ0n) is 13.4. The van der Waals surface area contributed by atoms with Crippen molar-refractivity contribution in [2.24, 2.45) is 5.92 Å². The van der Waals surface area contributed by atoms with E-state index in [-0.39, 0.29) is 0 Å². The van der Waals surface area contributed by atoms with E-state index < -0.39 is 8.07 Å². The summed E-state index contributed by atoms with van der Waals surface area (Å²) in [5.41, 5.74) is 1.45. The molecule has 0 aromatic heterocycles. The summed E-state index contributed by atoms with van der Waals surface area (Å²) < 4.78 is 0. The molecule has 0 nitrogen and oxygen atoms in total. The third-order valence-electron chi connectivity index (χ3n) is 4.03. The summed E-state index contributed by atoms with van der Waals surface area (Å²) in [7, 11) is -1.22. The molecule has 1 aromatic carbocycles. The van der Waals surface area contributed by atoms with E-state index in [9.17, 15) is 0 Å². The Bertz CT molecular complexity index is 385. The van der Waals surface area contributed by atoms with Crippen LogP contribution in [0.1, 0.15) is 40.0 Å². The Morgan fingerprint density at radius 3 is 2.32 bits per heavy atom. The van der Waals surface area contributed by atoms with Gasteiger partial charge < -0.3 is 0 Å². The van der Waals surface area contributed by atoms with Crippen molar-refractivity contribution in [3.8, 4) is 0 Å². The van der Waals surface area contributed by atoms with E-state index in [1.807, 2.05) is 0 Å². The first kappa shape index (κ1) is 16.2. The van der Waals surface area contributed by atoms with Crippen LogP contribution in [-0.4, -0.2) is 8.07 Å². The maximum Gasteiger partial charge on any atom is 0.0806 e. The minimum absolute atomic E-state index is 0.853. The molecule has 1 atom stereocenters. The van der Waals surface area contributed by atoms with E-state index in [1.165, 1.54) is 30.9 Å². The van der Waals surface area contributed by atoms with Gasteiger partial charge >= 0.3 is 0 Å². The van der Waals surface area contributed by atoms with Crippen molar-refractivity contribution in [2.45, 2.75) is 59.2 Å². The van der Waals surface area contributed by atoms with Crippen LogP contribution in [0.2, 0.25) is 19.1 Å². The molecule has 0 spiro atoms. The van der Waals surface area contributed by atoms with E-state index in [1.54, 1.807) is 5.19 Å². The maximum atomic E-state index is 2.51. The normalized spacial score (nSPS) is 13.1. The van der Waals surface area contributed by atoms with E-state index in [0.717, 1.165) is 5.92 Å². The summed E-state index contributed by atoms with van der Waals surface area (Å²) in [6, 6.07) is 12.5. The Labute approximate surface area is 121 Å². The van der Waals surface area contributed by atoms with Gasteiger partial charge in [-0.15, -0.1) is 0 Å². The summed E-state index contributed by atoms with van der Waals surface area (Å²) in [5, 5.41) is 1.60. The lowest BCUT2D eigenvalue weighted by Gasteiger charge is -2.24. The summed E-state index contributed by atoms with van der Waals surface area (Å²) in [5.74, 6) is 0.853. The fourth-order valence-electron chi connectivity index (χ4n) is 2.44. The molecule has 0 aliphatic carbocycles. The summed E-state index contributed by atoms with van der Waals surface area (Å²) >= 11 is 0. The second kappa shape index (κ2) is 7.69. The quantitative estimate of drug-likeness (QED) is 0.463. The number of allylic oxidation sites excluding steroid dienone is 2. The van der Waals surface area contributed by atoms with Crippen LogP contribution in [0.5, 0.6) is 0 Å². The molecule has 0 fully saturated rings. The largest absolute Gasteiger partial charge is 0.0859 e. The van der Waals surface area contributed by atoms with Gasteiger partial charge in [-0.25, -0.2) is 0 Å². The van der Waals surface area contributed by atoms with Crippen molar-refractivity contribution < 1.29 is 0 Å². The summed E-state index contributed by atoms with van der Waals surface area (Å²) in [6.07, 6.45) is 6.34. The van der Waals surface area contributed by atoms with Crippen LogP contribution < -0.4 is 5.19 Å². The Balaban J connectivity index is 2.41. The Morgan fingerprint density at radius 2 is 1.74 bits per heavy atom. The van der Waals surface area contributed by atoms with Gasteiger partial charge in [0.1, 0.15) is 0 Å². The van der Waals surface area contributed by atoms with Crippen molar-refractivity contribution in [3.63, 3.8) is 0 Å². The lowest BCUT2D eigenvalue weighted by atomic mass is 10.0. The standard InChI is InChI=1S/C18H30Si/c1-16(2)10-9-11-17(3)14-15-19(4,5)18-12-7-6-8-13-18/h6-8,10,12-13,17H,9,11,14-15H2,1-5H3/t17-/m0/s1. The fraction of sp³-hybridized carbons (Fsp3) is 0.556. The summed E-state index contributed by atoms with van der Waals surface area (Å²) in [6.45, 7) is 11.8. The molecule has 0 saturated heterocycles. The maximum absolute atomic E-state index is 2.51. The van der Waals surface area contributed by atoms with Crippen molar-refractivity contribution in [2.75, 3.05) is 0 Å². The first-order valence-corrected chi connectivity index (χ1v) is 10.8. The molecule has 19 heavy (non-hydrogen) atoms. The highest BCUT2D eigenvalue weighted by atomic mass is 28.3. The first-order chi connectivity index (χ1) is 8.92. The van der Waals surface area contributed by atoms with Gasteiger partial charge in [0.05, 0.1) is 8.07 Å². The average Bonchev–Trinajstić information content (AvgIpc) is 2.37. The molecule has 0 radical (unpaired) electrons. The molecule has 0 heterocycles. The zero-order chi connectivity index (χ0) is 14.3. The van der Waals surface area contributed by atoms with Gasteiger partial charge in [-0.1, -0.05) is 79.7 Å². The highest BCUT2D eigenvalue weighted by Gasteiger charge is 2.23. The van der Waals surface area contributed by atoms with Crippen molar-refractivity contribution >= 4 is 13.3 Å². The van der Waals surface area contributed by atoms with Crippen LogP contribution >= 0.6 is 0 Å². The van der Waals surface area contributed by atoms with Gasteiger partial charge in [-0.05, 0) is 32.6 Å². The molecule has 0 aliphatic rings. The highest BCUT2D eigenvalue weighted by Crippen LogP contribution is 2.20. The molecule has 0 saturated carbocycles. The second-order valence-corrected chi connectivity index (χ2v) is 11.6. The molecule has 0 unspecified atom stereocenters. The van der Waals surface area contributed by atoms with Gasteiger partial charge in [0.25, 0.3) is 0 Å². The fourth-order valence-corrected chi connectivity index (χ4v) is 5.04. The second-order valence-electron chi connectivity index (χ2n) is 6.75.